The molecule has 1 atom stereocenters. The van der Waals surface area contributed by atoms with Gasteiger partial charge in [0.05, 0.1) is 43.6 Å². The molecule has 0 spiro atoms. The van der Waals surface area contributed by atoms with Crippen LogP contribution >= 0.6 is 12.0 Å². The number of hydrogen-bond donors (Lipinski definition) is 6. The number of carboxylic acid groups (broad SMARTS) is 1. The molecule has 1 aliphatic carbocycles. The zero-order chi connectivity index (χ0) is 49.9. The van der Waals surface area contributed by atoms with Gasteiger partial charge in [-0.1, -0.05) is 35.4 Å². The van der Waals surface area contributed by atoms with Gasteiger partial charge in [-0.2, -0.15) is 5.10 Å². The van der Waals surface area contributed by atoms with E-state index >= 15 is 0 Å². The minimum Gasteiger partial charge on any atom is -0.493 e. The summed E-state index contributed by atoms with van der Waals surface area (Å²) in [5.74, 6) is 0.502. The molecule has 3 amide bonds. The van der Waals surface area contributed by atoms with Crippen molar-refractivity contribution in [2.75, 3.05) is 38.8 Å². The Balaban J connectivity index is 0.981. The van der Waals surface area contributed by atoms with Crippen molar-refractivity contribution in [2.45, 2.75) is 101 Å². The van der Waals surface area contributed by atoms with Crippen LogP contribution in [-0.2, 0) is 43.0 Å². The highest BCUT2D eigenvalue weighted by Gasteiger charge is 2.23. The summed E-state index contributed by atoms with van der Waals surface area (Å²) in [5, 5.41) is 33.9. The zero-order valence-corrected chi connectivity index (χ0v) is 40.2. The van der Waals surface area contributed by atoms with Gasteiger partial charge in [-0.3, -0.25) is 29.4 Å². The quantitative estimate of drug-likeness (QED) is 0.00682. The van der Waals surface area contributed by atoms with E-state index in [2.05, 4.69) is 47.4 Å². The predicted octanol–water partition coefficient (Wildman–Crippen LogP) is 7.84. The molecule has 18 nitrogen and oxygen atoms in total. The molecule has 0 radical (unpaired) electrons. The smallest absolute Gasteiger partial charge is 0.303 e. The number of hydrazone groups is 1. The number of nitrogens with zero attached hydrogens (tertiary/aromatic N) is 2. The summed E-state index contributed by atoms with van der Waals surface area (Å²) in [5.41, 5.74) is 7.29. The van der Waals surface area contributed by atoms with Gasteiger partial charge in [-0.05, 0) is 119 Å². The van der Waals surface area contributed by atoms with Crippen LogP contribution in [0.4, 0.5) is 5.82 Å². The van der Waals surface area contributed by atoms with E-state index in [0.717, 1.165) is 66.6 Å². The number of aromatic nitrogens is 1. The number of Topliss-reactive ketones (excluding diaryl/α,β-unsaturated/α-hetero) is 1. The number of fused-ring (bicyclic) bond motifs is 1. The summed E-state index contributed by atoms with van der Waals surface area (Å²) in [6, 6.07) is 18.6. The average molecular weight is 983 g/mol. The Hall–Kier alpha value is -6.80. The van der Waals surface area contributed by atoms with Crippen LogP contribution in [0.5, 0.6) is 17.2 Å². The first-order valence-corrected chi connectivity index (χ1v) is 24.1. The number of benzene rings is 3. The van der Waals surface area contributed by atoms with Crippen molar-refractivity contribution in [3.8, 4) is 17.2 Å². The number of allylic oxidation sites excluding steroid dienone is 1. The second-order valence-electron chi connectivity index (χ2n) is 16.2. The third kappa shape index (κ3) is 17.6. The maximum Gasteiger partial charge on any atom is 0.303 e. The fraction of sp³-hybridized carbons (Fsp3) is 0.392. The maximum atomic E-state index is 13.0. The first-order chi connectivity index (χ1) is 34.1. The highest BCUT2D eigenvalue weighted by Crippen LogP contribution is 2.33. The number of hydrogen-bond acceptors (Lipinski definition) is 15. The lowest BCUT2D eigenvalue weighted by Gasteiger charge is -2.21. The molecule has 70 heavy (non-hydrogen) atoms. The largest absolute Gasteiger partial charge is 0.493 e. The topological polar surface area (TPSA) is 245 Å². The molecule has 0 saturated carbocycles. The van der Waals surface area contributed by atoms with E-state index in [0.29, 0.717) is 91.6 Å². The summed E-state index contributed by atoms with van der Waals surface area (Å²) in [4.78, 5) is 67.1. The number of ether oxygens (including phenoxy) is 3. The molecule has 1 unspecified atom stereocenters. The number of carboxylic acids is 1. The number of pyridine rings is 1. The molecular weight excluding hydrogens is 921 g/mol. The van der Waals surface area contributed by atoms with Crippen LogP contribution in [0.1, 0.15) is 114 Å². The molecule has 374 valence electrons. The number of aliphatic carboxylic acids is 1. The number of carbonyl (C=O) groups is 5. The first-order valence-electron chi connectivity index (χ1n) is 23.4. The summed E-state index contributed by atoms with van der Waals surface area (Å²) in [6.45, 7) is 5.45. The first kappa shape index (κ1) is 54.1. The lowest BCUT2D eigenvalue weighted by Crippen LogP contribution is -2.45. The Morgan fingerprint density at radius 2 is 1.60 bits per heavy atom. The van der Waals surface area contributed by atoms with E-state index < -0.39 is 17.9 Å². The summed E-state index contributed by atoms with van der Waals surface area (Å²) in [6.07, 6.45) is 12.3. The Kier molecular flexibility index (Phi) is 23.2. The Bertz CT molecular complexity index is 2400. The number of unbranched alkanes of at least 4 members (excludes halogenated alkanes) is 3. The van der Waals surface area contributed by atoms with Crippen LogP contribution < -0.4 is 35.6 Å². The monoisotopic (exact) mass is 982 g/mol. The van der Waals surface area contributed by atoms with E-state index in [1.807, 2.05) is 18.2 Å². The molecule has 1 heterocycles. The third-order valence-corrected chi connectivity index (χ3v) is 11.9. The number of likely N-dealkylation sites (N-methyl/N-ethyl adjacent to an activating group) is 1. The van der Waals surface area contributed by atoms with Gasteiger partial charge in [0.1, 0.15) is 29.1 Å². The van der Waals surface area contributed by atoms with Crippen LogP contribution in [0.2, 0.25) is 0 Å². The highest BCUT2D eigenvalue weighted by molar-refractivity contribution is 7.94. The Morgan fingerprint density at radius 1 is 0.857 bits per heavy atom. The van der Waals surface area contributed by atoms with Crippen molar-refractivity contribution in [3.05, 3.63) is 119 Å². The SMILES string of the molecule is C=CCc1c(OCCCCCOc2cccc(OCCCC(=O)NCCCCC(NC(=O)c3ccc(N/N=C/c4ccccc4SOOO)nc3)C(=O)NC)c2CCC(=O)O)ccc2c1CCCC2=O. The molecule has 1 aromatic heterocycles. The van der Waals surface area contributed by atoms with E-state index in [1.54, 1.807) is 54.6 Å². The number of nitrogens with one attached hydrogen (secondary N) is 4. The second-order valence-corrected chi connectivity index (χ2v) is 17.0. The van der Waals surface area contributed by atoms with Crippen molar-refractivity contribution < 1.29 is 57.9 Å². The van der Waals surface area contributed by atoms with Gasteiger partial charge in [-0.15, -0.1) is 10.9 Å². The normalized spacial score (nSPS) is 12.4. The minimum absolute atomic E-state index is 0.100. The summed E-state index contributed by atoms with van der Waals surface area (Å²) >= 11 is 0.803. The lowest BCUT2D eigenvalue weighted by atomic mass is 9.86. The van der Waals surface area contributed by atoms with Crippen LogP contribution in [0.3, 0.4) is 0 Å². The fourth-order valence-electron chi connectivity index (χ4n) is 7.69. The Morgan fingerprint density at radius 3 is 2.30 bits per heavy atom. The van der Waals surface area contributed by atoms with E-state index in [1.165, 1.54) is 19.5 Å². The van der Waals surface area contributed by atoms with Gasteiger partial charge < -0.3 is 35.3 Å². The third-order valence-electron chi connectivity index (χ3n) is 11.2. The van der Waals surface area contributed by atoms with E-state index in [4.69, 9.17) is 19.5 Å². The molecule has 19 heteroatoms. The van der Waals surface area contributed by atoms with Crippen molar-refractivity contribution in [1.29, 1.82) is 0 Å². The molecule has 3 aromatic carbocycles. The van der Waals surface area contributed by atoms with Crippen molar-refractivity contribution in [2.24, 2.45) is 5.10 Å². The fourth-order valence-corrected chi connectivity index (χ4v) is 8.14. The standard InChI is InChI=1S/C51H62N6O12S/c1-3-14-39-37-16-11-18-42(58)38(37)24-26-45(39)66-31-10-4-9-30-65-43-19-12-20-44(40(43)25-28-49(60)61)67-32-13-22-48(59)53-29-8-7-17-41(51(63)52-2)56-50(62)36-23-27-47(54-33-36)57-55-34-35-15-5-6-21-46(35)70-69-68-64/h3,5-6,12,15,19-21,23-24,26-27,33-34,41,64H,1,4,7-11,13-14,16-18,22,25,28-32H2,2H3,(H,52,63)(H,53,59)(H,54,57)(H,56,62)(H,60,61)/b55-34+. The molecule has 4 aromatic rings. The molecule has 6 N–H and O–H groups in total. The van der Waals surface area contributed by atoms with Gasteiger partial charge in [0, 0.05) is 66.2 Å². The summed E-state index contributed by atoms with van der Waals surface area (Å²) < 4.78 is 22.9. The number of amides is 3. The van der Waals surface area contributed by atoms with Crippen LogP contribution in [-0.4, -0.2) is 90.5 Å². The summed E-state index contributed by atoms with van der Waals surface area (Å²) in [7, 11) is 1.49. The maximum absolute atomic E-state index is 13.0. The molecule has 0 aliphatic heterocycles. The highest BCUT2D eigenvalue weighted by atomic mass is 32.2. The predicted molar refractivity (Wildman–Crippen MR) is 264 cm³/mol. The number of rotatable bonds is 32. The van der Waals surface area contributed by atoms with Crippen LogP contribution in [0, 0.1) is 0 Å². The van der Waals surface area contributed by atoms with Gasteiger partial charge in [0.15, 0.2) is 5.78 Å². The molecule has 0 fully saturated rings. The van der Waals surface area contributed by atoms with Crippen LogP contribution in [0.15, 0.2) is 95.6 Å². The lowest BCUT2D eigenvalue weighted by molar-refractivity contribution is -0.432. The minimum atomic E-state index is -0.938. The molecule has 0 bridgehead atoms. The molecule has 0 saturated heterocycles. The number of carbonyl (C=O) groups excluding carboxylic acids is 4. The average Bonchev–Trinajstić information content (AvgIpc) is 3.36. The van der Waals surface area contributed by atoms with Gasteiger partial charge >= 0.3 is 5.97 Å². The van der Waals surface area contributed by atoms with Gasteiger partial charge in [0.2, 0.25) is 11.8 Å². The molecule has 1 aliphatic rings. The number of ketones is 1. The Labute approximate surface area is 412 Å². The molecular formula is C51H62N6O12S. The van der Waals surface area contributed by atoms with Crippen molar-refractivity contribution in [3.63, 3.8) is 0 Å². The van der Waals surface area contributed by atoms with Crippen molar-refractivity contribution in [1.82, 2.24) is 20.9 Å². The second kappa shape index (κ2) is 29.9. The van der Waals surface area contributed by atoms with E-state index in [9.17, 15) is 29.1 Å². The molecule has 5 rings (SSSR count). The van der Waals surface area contributed by atoms with Crippen LogP contribution in [0.25, 0.3) is 0 Å². The number of anilines is 1. The van der Waals surface area contributed by atoms with Gasteiger partial charge in [-0.25, -0.2) is 10.2 Å². The zero-order valence-electron chi connectivity index (χ0n) is 39.4. The van der Waals surface area contributed by atoms with E-state index in [-0.39, 0.29) is 49.0 Å². The van der Waals surface area contributed by atoms with Gasteiger partial charge in [0.25, 0.3) is 5.91 Å². The van der Waals surface area contributed by atoms with Crippen molar-refractivity contribution >= 4 is 53.5 Å².